The van der Waals surface area contributed by atoms with Crippen LogP contribution in [0.15, 0.2) is 75.1 Å². The molecule has 0 fully saturated rings. The average molecular weight is 728 g/mol. The summed E-state index contributed by atoms with van der Waals surface area (Å²) in [5.74, 6) is -6.09. The molecule has 1 atom stereocenters. The third kappa shape index (κ3) is 8.38. The summed E-state index contributed by atoms with van der Waals surface area (Å²) in [5, 5.41) is 23.8. The fourth-order valence-corrected chi connectivity index (χ4v) is 5.90. The highest BCUT2D eigenvalue weighted by molar-refractivity contribution is 7.92. The summed E-state index contributed by atoms with van der Waals surface area (Å²) in [6.07, 6.45) is -0.317. The summed E-state index contributed by atoms with van der Waals surface area (Å²) in [6, 6.07) is 9.43. The highest BCUT2D eigenvalue weighted by Crippen LogP contribution is 2.24. The van der Waals surface area contributed by atoms with Gasteiger partial charge in [-0.05, 0) is 75.7 Å². The van der Waals surface area contributed by atoms with Gasteiger partial charge in [-0.1, -0.05) is 12.1 Å². The molecule has 4 rings (SSSR count). The van der Waals surface area contributed by atoms with Crippen LogP contribution in [-0.4, -0.2) is 63.7 Å². The van der Waals surface area contributed by atoms with Gasteiger partial charge in [0.05, 0.1) is 34.0 Å². The van der Waals surface area contributed by atoms with Gasteiger partial charge in [0.15, 0.2) is 0 Å². The molecule has 0 aliphatic heterocycles. The standard InChI is InChI=1S/C34H35F2N5O9S/c1-18-19(2)40(5)33(48)41(31(18)45)22-10-6-20(7-11-22)14-28(32(46)47)37-30(44)24-15-26(36)27(16-25(24)35)39-51(49,50)23-12-8-21(9-13-23)29(43)38-34(3,4)17-42/h6-13,15-16,28,39,42H,14,17H2,1-5H3,(H,37,44)(H,38,43)(H,46,47)/t28-/m0/s1. The van der Waals surface area contributed by atoms with Crippen molar-refractivity contribution in [2.75, 3.05) is 11.3 Å². The molecule has 0 aliphatic rings. The lowest BCUT2D eigenvalue weighted by Gasteiger charge is -2.23. The number of carboxylic acids is 1. The zero-order valence-corrected chi connectivity index (χ0v) is 28.9. The number of aromatic nitrogens is 2. The first-order valence-electron chi connectivity index (χ1n) is 15.2. The molecule has 2 amide bonds. The quantitative estimate of drug-likeness (QED) is 0.145. The molecule has 0 saturated carbocycles. The molecule has 0 unspecified atom stereocenters. The van der Waals surface area contributed by atoms with E-state index in [-0.39, 0.29) is 24.3 Å². The van der Waals surface area contributed by atoms with Crippen molar-refractivity contribution < 1.29 is 41.8 Å². The monoisotopic (exact) mass is 727 g/mol. The number of sulfonamides is 1. The number of anilines is 1. The van der Waals surface area contributed by atoms with Crippen LogP contribution in [0.4, 0.5) is 14.5 Å². The lowest BCUT2D eigenvalue weighted by Crippen LogP contribution is -2.46. The van der Waals surface area contributed by atoms with E-state index in [4.69, 9.17) is 0 Å². The van der Waals surface area contributed by atoms with Crippen LogP contribution in [0.25, 0.3) is 5.69 Å². The van der Waals surface area contributed by atoms with Crippen molar-refractivity contribution in [2.45, 2.75) is 50.6 Å². The highest BCUT2D eigenvalue weighted by atomic mass is 32.2. The molecule has 0 saturated heterocycles. The molecule has 5 N–H and O–H groups in total. The van der Waals surface area contributed by atoms with Crippen LogP contribution < -0.4 is 26.6 Å². The summed E-state index contributed by atoms with van der Waals surface area (Å²) in [5.41, 5.74) is -2.28. The van der Waals surface area contributed by atoms with E-state index < -0.39 is 78.4 Å². The molecule has 1 aromatic heterocycles. The maximum Gasteiger partial charge on any atom is 0.335 e. The Balaban J connectivity index is 1.48. The number of hydrogen-bond acceptors (Lipinski definition) is 8. The van der Waals surface area contributed by atoms with E-state index in [0.717, 1.165) is 16.7 Å². The minimum absolute atomic E-state index is 0.0704. The Labute approximate surface area is 290 Å². The van der Waals surface area contributed by atoms with E-state index in [9.17, 15) is 42.6 Å². The van der Waals surface area contributed by atoms with E-state index in [1.165, 1.54) is 48.0 Å². The third-order valence-corrected chi connectivity index (χ3v) is 9.49. The largest absolute Gasteiger partial charge is 0.480 e. The van der Waals surface area contributed by atoms with E-state index in [2.05, 4.69) is 10.6 Å². The van der Waals surface area contributed by atoms with Crippen LogP contribution in [0.1, 0.15) is 51.4 Å². The molecule has 0 radical (unpaired) electrons. The van der Waals surface area contributed by atoms with Crippen molar-refractivity contribution in [3.63, 3.8) is 0 Å². The highest BCUT2D eigenvalue weighted by Gasteiger charge is 2.26. The second-order valence-corrected chi connectivity index (χ2v) is 14.0. The Morgan fingerprint density at radius 2 is 1.53 bits per heavy atom. The number of hydrogen-bond donors (Lipinski definition) is 5. The number of benzene rings is 3. The van der Waals surface area contributed by atoms with Crippen molar-refractivity contribution in [3.8, 4) is 5.69 Å². The van der Waals surface area contributed by atoms with Crippen LogP contribution in [0.5, 0.6) is 0 Å². The number of carboxylic acid groups (broad SMARTS) is 1. The van der Waals surface area contributed by atoms with Gasteiger partial charge in [-0.3, -0.25) is 19.1 Å². The summed E-state index contributed by atoms with van der Waals surface area (Å²) in [6.45, 7) is 6.02. The fourth-order valence-electron chi connectivity index (χ4n) is 4.84. The number of rotatable bonds is 12. The number of amides is 2. The first kappa shape index (κ1) is 38.1. The van der Waals surface area contributed by atoms with Crippen LogP contribution in [-0.2, 0) is 28.3 Å². The van der Waals surface area contributed by atoms with Gasteiger partial charge in [0.2, 0.25) is 0 Å². The summed E-state index contributed by atoms with van der Waals surface area (Å²) < 4.78 is 60.1. The lowest BCUT2D eigenvalue weighted by atomic mass is 10.0. The number of nitrogens with one attached hydrogen (secondary N) is 3. The zero-order valence-electron chi connectivity index (χ0n) is 28.1. The normalized spacial score (nSPS) is 12.2. The summed E-state index contributed by atoms with van der Waals surface area (Å²) in [7, 11) is -2.99. The Morgan fingerprint density at radius 1 is 0.922 bits per heavy atom. The number of aliphatic hydroxyl groups excluding tert-OH is 1. The Morgan fingerprint density at radius 3 is 2.10 bits per heavy atom. The van der Waals surface area contributed by atoms with Gasteiger partial charge in [-0.25, -0.2) is 31.4 Å². The van der Waals surface area contributed by atoms with Gasteiger partial charge in [0.25, 0.3) is 27.4 Å². The molecule has 0 bridgehead atoms. The minimum Gasteiger partial charge on any atom is -0.480 e. The molecule has 4 aromatic rings. The van der Waals surface area contributed by atoms with Crippen molar-refractivity contribution in [2.24, 2.45) is 7.05 Å². The molecule has 17 heteroatoms. The second-order valence-electron chi connectivity index (χ2n) is 12.4. The molecule has 3 aromatic carbocycles. The van der Waals surface area contributed by atoms with Crippen molar-refractivity contribution >= 4 is 33.5 Å². The van der Waals surface area contributed by atoms with Gasteiger partial charge >= 0.3 is 11.7 Å². The van der Waals surface area contributed by atoms with E-state index in [1.54, 1.807) is 27.7 Å². The topological polar surface area (TPSA) is 206 Å². The molecule has 270 valence electrons. The first-order valence-corrected chi connectivity index (χ1v) is 16.7. The van der Waals surface area contributed by atoms with E-state index in [1.807, 2.05) is 4.72 Å². The number of halogens is 2. The van der Waals surface area contributed by atoms with Crippen molar-refractivity contribution in [1.82, 2.24) is 19.8 Å². The molecular weight excluding hydrogens is 692 g/mol. The summed E-state index contributed by atoms with van der Waals surface area (Å²) >= 11 is 0. The number of nitrogens with zero attached hydrogens (tertiary/aromatic N) is 2. The SMILES string of the molecule is Cc1c(C)n(C)c(=O)n(-c2ccc(C[C@H](NC(=O)c3cc(F)c(NS(=O)(=O)c4ccc(C(=O)NC(C)(C)CO)cc4)cc3F)C(=O)O)cc2)c1=O. The smallest absolute Gasteiger partial charge is 0.335 e. The van der Waals surface area contributed by atoms with Gasteiger partial charge in [-0.2, -0.15) is 0 Å². The molecule has 1 heterocycles. The zero-order chi connectivity index (χ0) is 38.0. The Kier molecular flexibility index (Phi) is 11.0. The predicted octanol–water partition coefficient (Wildman–Crippen LogP) is 2.16. The van der Waals surface area contributed by atoms with E-state index >= 15 is 8.78 Å². The van der Waals surface area contributed by atoms with Gasteiger partial charge in [-0.15, -0.1) is 0 Å². The second kappa shape index (κ2) is 14.7. The lowest BCUT2D eigenvalue weighted by molar-refractivity contribution is -0.139. The van der Waals surface area contributed by atoms with Crippen LogP contribution in [0.3, 0.4) is 0 Å². The van der Waals surface area contributed by atoms with Crippen LogP contribution in [0, 0.1) is 25.5 Å². The minimum atomic E-state index is -4.51. The molecular formula is C34H35F2N5O9S. The van der Waals surface area contributed by atoms with Gasteiger partial charge in [0, 0.05) is 36.4 Å². The third-order valence-electron chi connectivity index (χ3n) is 8.11. The predicted molar refractivity (Wildman–Crippen MR) is 182 cm³/mol. The van der Waals surface area contributed by atoms with Crippen LogP contribution in [0.2, 0.25) is 0 Å². The van der Waals surface area contributed by atoms with Crippen LogP contribution >= 0.6 is 0 Å². The average Bonchev–Trinajstić information content (AvgIpc) is 3.08. The maximum atomic E-state index is 15.1. The number of carbonyl (C=O) groups excluding carboxylic acids is 2. The van der Waals surface area contributed by atoms with Gasteiger partial charge in [0.1, 0.15) is 17.7 Å². The van der Waals surface area contributed by atoms with Gasteiger partial charge < -0.3 is 25.4 Å². The molecule has 14 nitrogen and oxygen atoms in total. The first-order chi connectivity index (χ1) is 23.8. The molecule has 0 spiro atoms. The maximum absolute atomic E-state index is 15.1. The van der Waals surface area contributed by atoms with Crippen molar-refractivity contribution in [3.05, 3.63) is 121 Å². The Hall–Kier alpha value is -5.68. The summed E-state index contributed by atoms with van der Waals surface area (Å²) in [4.78, 5) is 62.4. The fraction of sp³-hybridized carbons (Fsp3) is 0.265. The number of aliphatic hydroxyl groups is 1. The van der Waals surface area contributed by atoms with Crippen molar-refractivity contribution in [1.29, 1.82) is 0 Å². The molecule has 0 aliphatic carbocycles. The number of carbonyl (C=O) groups is 3. The Bertz CT molecular complexity index is 2210. The number of aliphatic carboxylic acids is 1. The van der Waals surface area contributed by atoms with E-state index in [0.29, 0.717) is 29.0 Å². The molecule has 51 heavy (non-hydrogen) atoms.